The number of amides is 2. The molecule has 0 aliphatic heterocycles. The molecule has 3 aromatic rings. The molecule has 3 aromatic carbocycles. The predicted octanol–water partition coefficient (Wildman–Crippen LogP) is 2.56. The first-order valence-corrected chi connectivity index (χ1v) is 11.0. The maximum absolute atomic E-state index is 12.2. The summed E-state index contributed by atoms with van der Waals surface area (Å²) in [4.78, 5) is 23.1. The Morgan fingerprint density at radius 2 is 1.65 bits per heavy atom. The Morgan fingerprint density at radius 3 is 2.35 bits per heavy atom. The molecule has 0 atom stereocenters. The van der Waals surface area contributed by atoms with E-state index in [2.05, 4.69) is 10.6 Å². The van der Waals surface area contributed by atoms with Crippen LogP contribution in [-0.4, -0.2) is 32.0 Å². The number of hydrogen-bond acceptors (Lipinski definition) is 6. The van der Waals surface area contributed by atoms with Crippen molar-refractivity contribution in [2.75, 3.05) is 11.9 Å². The molecule has 0 aromatic heterocycles. The summed E-state index contributed by atoms with van der Waals surface area (Å²) >= 11 is 5.11. The molecule has 0 aliphatic rings. The lowest BCUT2D eigenvalue weighted by Gasteiger charge is -2.12. The molecule has 0 heterocycles. The Kier molecular flexibility index (Phi) is 6.83. The van der Waals surface area contributed by atoms with Crippen LogP contribution in [0.5, 0.6) is 5.75 Å². The van der Waals surface area contributed by atoms with Gasteiger partial charge in [0.1, 0.15) is 5.75 Å². The second kappa shape index (κ2) is 9.54. The fourth-order valence-electron chi connectivity index (χ4n) is 2.76. The van der Waals surface area contributed by atoms with Crippen molar-refractivity contribution in [3.05, 3.63) is 66.7 Å². The normalized spacial score (nSPS) is 10.9. The molecule has 0 bridgehead atoms. The number of hydrogen-bond donors (Lipinski definition) is 3. The molecule has 0 unspecified atom stereocenters. The summed E-state index contributed by atoms with van der Waals surface area (Å²) in [6.07, 6.45) is 0. The van der Waals surface area contributed by atoms with E-state index in [0.717, 1.165) is 17.7 Å². The number of carbonyl (C=O) groups excluding carboxylic acids is 2. The Hall–Kier alpha value is -3.50. The van der Waals surface area contributed by atoms with Gasteiger partial charge in [-0.1, -0.05) is 36.4 Å². The quantitative estimate of drug-likeness (QED) is 0.488. The third-order valence-electron chi connectivity index (χ3n) is 4.06. The number of carbonyl (C=O) groups is 2. The number of sulfonamides is 1. The van der Waals surface area contributed by atoms with E-state index in [0.29, 0.717) is 11.4 Å². The van der Waals surface area contributed by atoms with Gasteiger partial charge in [-0.25, -0.2) is 13.1 Å². The summed E-state index contributed by atoms with van der Waals surface area (Å²) in [5.74, 6) is -0.546. The van der Waals surface area contributed by atoms with Crippen LogP contribution in [0.2, 0.25) is 0 Å². The van der Waals surface area contributed by atoms with Crippen molar-refractivity contribution in [1.29, 1.82) is 0 Å². The van der Waals surface area contributed by atoms with Crippen LogP contribution in [0.4, 0.5) is 5.69 Å². The molecule has 8 nitrogen and oxygen atoms in total. The van der Waals surface area contributed by atoms with Gasteiger partial charge in [-0.15, -0.1) is 0 Å². The average Bonchev–Trinajstić information content (AvgIpc) is 2.71. The molecule has 2 amide bonds. The molecule has 0 aliphatic carbocycles. The van der Waals surface area contributed by atoms with E-state index in [4.69, 9.17) is 17.0 Å². The number of anilines is 1. The zero-order chi connectivity index (χ0) is 22.4. The van der Waals surface area contributed by atoms with Crippen molar-refractivity contribution in [3.63, 3.8) is 0 Å². The highest BCUT2D eigenvalue weighted by molar-refractivity contribution is 7.90. The van der Waals surface area contributed by atoms with Crippen LogP contribution in [0.15, 0.2) is 71.6 Å². The van der Waals surface area contributed by atoms with Gasteiger partial charge in [-0.2, -0.15) is 0 Å². The number of thiocarbonyl (C=S) groups is 1. The number of benzene rings is 3. The Bertz CT molecular complexity index is 1240. The summed E-state index contributed by atoms with van der Waals surface area (Å²) in [7, 11) is -3.92. The SMILES string of the molecule is CC(=O)NS(=O)(=O)c1ccc(NC(=S)NC(=O)COc2cccc3ccccc23)cc1. The molecule has 0 saturated heterocycles. The van der Waals surface area contributed by atoms with Gasteiger partial charge in [0, 0.05) is 18.0 Å². The fourth-order valence-corrected chi connectivity index (χ4v) is 3.98. The van der Waals surface area contributed by atoms with Gasteiger partial charge in [0.05, 0.1) is 4.90 Å². The van der Waals surface area contributed by atoms with Crippen molar-refractivity contribution in [1.82, 2.24) is 10.0 Å². The maximum Gasteiger partial charge on any atom is 0.264 e. The van der Waals surface area contributed by atoms with Crippen LogP contribution in [0.3, 0.4) is 0 Å². The van der Waals surface area contributed by atoms with E-state index in [1.165, 1.54) is 24.3 Å². The second-order valence-electron chi connectivity index (χ2n) is 6.45. The Balaban J connectivity index is 1.54. The molecule has 160 valence electrons. The highest BCUT2D eigenvalue weighted by Gasteiger charge is 2.15. The molecule has 10 heteroatoms. The molecule has 31 heavy (non-hydrogen) atoms. The molecular formula is C21H19N3O5S2. The number of rotatable bonds is 6. The van der Waals surface area contributed by atoms with Crippen molar-refractivity contribution < 1.29 is 22.7 Å². The molecular weight excluding hydrogens is 438 g/mol. The Labute approximate surface area is 184 Å². The van der Waals surface area contributed by atoms with Gasteiger partial charge in [0.15, 0.2) is 11.7 Å². The maximum atomic E-state index is 12.2. The predicted molar refractivity (Wildman–Crippen MR) is 121 cm³/mol. The van der Waals surface area contributed by atoms with Gasteiger partial charge < -0.3 is 10.1 Å². The molecule has 3 rings (SSSR count). The molecule has 0 spiro atoms. The minimum Gasteiger partial charge on any atom is -0.483 e. The lowest BCUT2D eigenvalue weighted by atomic mass is 10.1. The summed E-state index contributed by atoms with van der Waals surface area (Å²) in [5, 5.41) is 7.21. The second-order valence-corrected chi connectivity index (χ2v) is 8.54. The minimum atomic E-state index is -3.92. The standard InChI is InChI=1S/C21H19N3O5S2/c1-14(25)24-31(27,28)17-11-9-16(10-12-17)22-21(30)23-20(26)13-29-19-8-4-6-15-5-2-3-7-18(15)19/h2-12H,13H2,1H3,(H,24,25)(H2,22,23,26,30). The van der Waals surface area contributed by atoms with E-state index in [9.17, 15) is 18.0 Å². The van der Waals surface area contributed by atoms with Crippen LogP contribution in [0.1, 0.15) is 6.92 Å². The van der Waals surface area contributed by atoms with Gasteiger partial charge in [-0.3, -0.25) is 14.9 Å². The van der Waals surface area contributed by atoms with Crippen molar-refractivity contribution >= 4 is 55.6 Å². The summed E-state index contributed by atoms with van der Waals surface area (Å²) in [6.45, 7) is 0.877. The van der Waals surface area contributed by atoms with E-state index in [1.807, 2.05) is 41.1 Å². The summed E-state index contributed by atoms with van der Waals surface area (Å²) in [5.41, 5.74) is 0.460. The number of fused-ring (bicyclic) bond motifs is 1. The largest absolute Gasteiger partial charge is 0.483 e. The van der Waals surface area contributed by atoms with Gasteiger partial charge >= 0.3 is 0 Å². The zero-order valence-corrected chi connectivity index (χ0v) is 18.0. The van der Waals surface area contributed by atoms with Crippen LogP contribution in [0, 0.1) is 0 Å². The van der Waals surface area contributed by atoms with Crippen molar-refractivity contribution in [2.45, 2.75) is 11.8 Å². The summed E-state index contributed by atoms with van der Waals surface area (Å²) < 4.78 is 31.4. The molecule has 0 saturated carbocycles. The monoisotopic (exact) mass is 457 g/mol. The van der Waals surface area contributed by atoms with Crippen molar-refractivity contribution in [3.8, 4) is 5.75 Å². The van der Waals surface area contributed by atoms with Crippen LogP contribution in [-0.2, 0) is 19.6 Å². The van der Waals surface area contributed by atoms with Gasteiger partial charge in [-0.05, 0) is 47.9 Å². The first-order chi connectivity index (χ1) is 14.7. The minimum absolute atomic E-state index is 0.0315. The van der Waals surface area contributed by atoms with Crippen LogP contribution < -0.4 is 20.1 Å². The first-order valence-electron chi connectivity index (χ1n) is 9.09. The van der Waals surface area contributed by atoms with Crippen LogP contribution >= 0.6 is 12.2 Å². The topological polar surface area (TPSA) is 114 Å². The van der Waals surface area contributed by atoms with Gasteiger partial charge in [0.25, 0.3) is 15.9 Å². The third-order valence-corrected chi connectivity index (χ3v) is 5.72. The highest BCUT2D eigenvalue weighted by Crippen LogP contribution is 2.24. The van der Waals surface area contributed by atoms with E-state index < -0.39 is 21.8 Å². The van der Waals surface area contributed by atoms with E-state index >= 15 is 0 Å². The fraction of sp³-hybridized carbons (Fsp3) is 0.0952. The third kappa shape index (κ3) is 6.00. The lowest BCUT2D eigenvalue weighted by Crippen LogP contribution is -2.37. The average molecular weight is 458 g/mol. The van der Waals surface area contributed by atoms with Crippen LogP contribution in [0.25, 0.3) is 10.8 Å². The molecule has 0 radical (unpaired) electrons. The molecule has 3 N–H and O–H groups in total. The van der Waals surface area contributed by atoms with E-state index in [1.54, 1.807) is 6.07 Å². The lowest BCUT2D eigenvalue weighted by molar-refractivity contribution is -0.121. The number of ether oxygens (including phenoxy) is 1. The first kappa shape index (κ1) is 22.2. The smallest absolute Gasteiger partial charge is 0.264 e. The van der Waals surface area contributed by atoms with Gasteiger partial charge in [0.2, 0.25) is 5.91 Å². The van der Waals surface area contributed by atoms with E-state index in [-0.39, 0.29) is 16.6 Å². The number of nitrogens with one attached hydrogen (secondary N) is 3. The highest BCUT2D eigenvalue weighted by atomic mass is 32.2. The molecule has 0 fully saturated rings. The zero-order valence-electron chi connectivity index (χ0n) is 16.4. The van der Waals surface area contributed by atoms with Crippen molar-refractivity contribution in [2.24, 2.45) is 0 Å². The Morgan fingerprint density at radius 1 is 0.968 bits per heavy atom. The summed E-state index contributed by atoms with van der Waals surface area (Å²) in [6, 6.07) is 18.8.